The molecule has 0 saturated carbocycles. The number of ether oxygens (including phenoxy) is 1. The van der Waals surface area contributed by atoms with Crippen molar-refractivity contribution in [2.75, 3.05) is 6.61 Å². The molecule has 1 rings (SSSR count). The molecule has 0 radical (unpaired) electrons. The molecule has 74 valence electrons. The molecule has 1 N–H and O–H groups in total. The average molecular weight is 196 g/mol. The number of rotatable bonds is 1. The largest absolute Gasteiger partial charge is 0.454 e. The molecule has 13 heavy (non-hydrogen) atoms. The highest BCUT2D eigenvalue weighted by molar-refractivity contribution is 5.85. The molecule has 0 aromatic rings. The van der Waals surface area contributed by atoms with Crippen molar-refractivity contribution in [3.05, 3.63) is 0 Å². The fraction of sp³-hybridized carbons (Fsp3) is 0.667. The molecule has 1 atom stereocenters. The van der Waals surface area contributed by atoms with Crippen LogP contribution >= 0.6 is 0 Å². The van der Waals surface area contributed by atoms with Crippen molar-refractivity contribution >= 4 is 12.2 Å². The van der Waals surface area contributed by atoms with Gasteiger partial charge in [0.1, 0.15) is 0 Å². The van der Waals surface area contributed by atoms with Gasteiger partial charge in [0.15, 0.2) is 12.8 Å². The van der Waals surface area contributed by atoms with Gasteiger partial charge in [0.25, 0.3) is 0 Å². The van der Waals surface area contributed by atoms with Crippen LogP contribution in [0.15, 0.2) is 9.98 Å². The van der Waals surface area contributed by atoms with Crippen LogP contribution in [0.2, 0.25) is 0 Å². The van der Waals surface area contributed by atoms with E-state index < -0.39 is 25.0 Å². The molecule has 1 aliphatic heterocycles. The quantitative estimate of drug-likeness (QED) is 0.671. The molecule has 1 aliphatic rings. The third kappa shape index (κ3) is 3.88. The van der Waals surface area contributed by atoms with E-state index in [1.54, 1.807) is 0 Å². The van der Waals surface area contributed by atoms with E-state index in [1.807, 2.05) is 0 Å². The average Bonchev–Trinajstić information content (AvgIpc) is 2.00. The van der Waals surface area contributed by atoms with Crippen LogP contribution in [-0.2, 0) is 4.74 Å². The molecule has 0 amide bonds. The summed E-state index contributed by atoms with van der Waals surface area (Å²) in [4.78, 5) is 6.76. The number of aliphatic imine (C=N–C) groups is 2. The van der Waals surface area contributed by atoms with Gasteiger partial charge >= 0.3 is 12.2 Å². The summed E-state index contributed by atoms with van der Waals surface area (Å²) in [5.41, 5.74) is 0. The molecule has 1 heterocycles. The summed E-state index contributed by atoms with van der Waals surface area (Å²) in [7, 11) is 0. The Morgan fingerprint density at radius 2 is 2.31 bits per heavy atom. The molecule has 0 saturated heterocycles. The van der Waals surface area contributed by atoms with Gasteiger partial charge in [-0.1, -0.05) is 0 Å². The zero-order valence-electron chi connectivity index (χ0n) is 6.45. The molecule has 0 aromatic heterocycles. The maximum atomic E-state index is 11.6. The van der Waals surface area contributed by atoms with Gasteiger partial charge in [-0.2, -0.15) is 13.2 Å². The summed E-state index contributed by atoms with van der Waals surface area (Å²) in [6.07, 6.45) is -4.02. The molecule has 0 aliphatic carbocycles. The Morgan fingerprint density at radius 3 is 2.85 bits per heavy atom. The SMILES string of the molecule is OC1CC=NC(OCC(F)(F)F)=N1. The van der Waals surface area contributed by atoms with Gasteiger partial charge < -0.3 is 9.84 Å². The van der Waals surface area contributed by atoms with Gasteiger partial charge in [-0.15, -0.1) is 0 Å². The third-order valence-corrected chi connectivity index (χ3v) is 1.14. The van der Waals surface area contributed by atoms with Crippen LogP contribution < -0.4 is 0 Å². The van der Waals surface area contributed by atoms with Crippen LogP contribution in [-0.4, -0.2) is 36.4 Å². The summed E-state index contributed by atoms with van der Waals surface area (Å²) in [6.45, 7) is -1.45. The number of hydrogen-bond donors (Lipinski definition) is 1. The normalized spacial score (nSPS) is 22.8. The maximum Gasteiger partial charge on any atom is 0.422 e. The summed E-state index contributed by atoms with van der Waals surface area (Å²) < 4.78 is 39.0. The van der Waals surface area contributed by atoms with E-state index >= 15 is 0 Å². The van der Waals surface area contributed by atoms with Crippen LogP contribution in [0.1, 0.15) is 6.42 Å². The topological polar surface area (TPSA) is 54.2 Å². The van der Waals surface area contributed by atoms with Crippen LogP contribution in [0.3, 0.4) is 0 Å². The lowest BCUT2D eigenvalue weighted by atomic mass is 10.4. The first kappa shape index (κ1) is 9.97. The van der Waals surface area contributed by atoms with Crippen molar-refractivity contribution in [2.24, 2.45) is 9.98 Å². The standard InChI is InChI=1S/C6H7F3N2O2/c7-6(8,9)3-13-5-10-2-1-4(12)11-5/h2,4,12H,1,3H2. The first-order valence-corrected chi connectivity index (χ1v) is 3.45. The van der Waals surface area contributed by atoms with Crippen molar-refractivity contribution < 1.29 is 23.0 Å². The number of aliphatic hydroxyl groups is 1. The zero-order valence-corrected chi connectivity index (χ0v) is 6.45. The summed E-state index contributed by atoms with van der Waals surface area (Å²) in [5.74, 6) is 0. The van der Waals surface area contributed by atoms with Crippen LogP contribution in [0.5, 0.6) is 0 Å². The second-order valence-electron chi connectivity index (χ2n) is 2.34. The Kier molecular flexibility index (Phi) is 2.86. The Labute approximate surface area is 71.8 Å². The molecule has 0 aromatic carbocycles. The molecular formula is C6H7F3N2O2. The molecule has 0 fully saturated rings. The lowest BCUT2D eigenvalue weighted by Crippen LogP contribution is -2.22. The van der Waals surface area contributed by atoms with Gasteiger partial charge in [0, 0.05) is 12.6 Å². The highest BCUT2D eigenvalue weighted by Gasteiger charge is 2.29. The maximum absolute atomic E-state index is 11.6. The Bertz CT molecular complexity index is 237. The highest BCUT2D eigenvalue weighted by atomic mass is 19.4. The molecule has 0 spiro atoms. The number of hydrogen-bond acceptors (Lipinski definition) is 4. The van der Waals surface area contributed by atoms with Crippen LogP contribution in [0.4, 0.5) is 13.2 Å². The van der Waals surface area contributed by atoms with Crippen LogP contribution in [0.25, 0.3) is 0 Å². The number of halogens is 3. The first-order chi connectivity index (χ1) is 5.97. The summed E-state index contributed by atoms with van der Waals surface area (Å²) in [6, 6.07) is -0.434. The fourth-order valence-electron chi connectivity index (χ4n) is 0.660. The number of amidine groups is 1. The number of nitrogens with zero attached hydrogens (tertiary/aromatic N) is 2. The summed E-state index contributed by atoms with van der Waals surface area (Å²) in [5, 5.41) is 8.87. The highest BCUT2D eigenvalue weighted by Crippen LogP contribution is 2.15. The fourth-order valence-corrected chi connectivity index (χ4v) is 0.660. The van der Waals surface area contributed by atoms with E-state index in [0.717, 1.165) is 0 Å². The van der Waals surface area contributed by atoms with E-state index in [0.29, 0.717) is 0 Å². The second kappa shape index (κ2) is 3.73. The Morgan fingerprint density at radius 1 is 1.62 bits per heavy atom. The molecular weight excluding hydrogens is 189 g/mol. The minimum atomic E-state index is -4.42. The van der Waals surface area contributed by atoms with E-state index in [4.69, 9.17) is 5.11 Å². The van der Waals surface area contributed by atoms with Crippen LogP contribution in [0, 0.1) is 0 Å². The number of alkyl halides is 3. The summed E-state index contributed by atoms with van der Waals surface area (Å²) >= 11 is 0. The van der Waals surface area contributed by atoms with Crippen molar-refractivity contribution in [1.29, 1.82) is 0 Å². The predicted molar refractivity (Wildman–Crippen MR) is 38.6 cm³/mol. The zero-order chi connectivity index (χ0) is 9.90. The molecule has 7 heteroatoms. The second-order valence-corrected chi connectivity index (χ2v) is 2.34. The van der Waals surface area contributed by atoms with E-state index in [-0.39, 0.29) is 6.42 Å². The minimum absolute atomic E-state index is 0.193. The molecule has 1 unspecified atom stereocenters. The Hall–Kier alpha value is -1.11. The molecule has 0 bridgehead atoms. The first-order valence-electron chi connectivity index (χ1n) is 3.45. The van der Waals surface area contributed by atoms with Crippen molar-refractivity contribution in [1.82, 2.24) is 0 Å². The smallest absolute Gasteiger partial charge is 0.422 e. The monoisotopic (exact) mass is 196 g/mol. The lowest BCUT2D eigenvalue weighted by molar-refractivity contribution is -0.156. The lowest BCUT2D eigenvalue weighted by Gasteiger charge is -2.12. The predicted octanol–water partition coefficient (Wildman–Crippen LogP) is 0.714. The van der Waals surface area contributed by atoms with Crippen molar-refractivity contribution in [2.45, 2.75) is 18.8 Å². The van der Waals surface area contributed by atoms with E-state index in [2.05, 4.69) is 14.7 Å². The van der Waals surface area contributed by atoms with Gasteiger partial charge in [0.05, 0.1) is 0 Å². The van der Waals surface area contributed by atoms with Crippen molar-refractivity contribution in [3.63, 3.8) is 0 Å². The van der Waals surface area contributed by atoms with Gasteiger partial charge in [-0.25, -0.2) is 9.98 Å². The molecule has 4 nitrogen and oxygen atoms in total. The Balaban J connectivity index is 2.41. The van der Waals surface area contributed by atoms with Gasteiger partial charge in [-0.3, -0.25) is 0 Å². The van der Waals surface area contributed by atoms with Gasteiger partial charge in [-0.05, 0) is 0 Å². The third-order valence-electron chi connectivity index (χ3n) is 1.14. The van der Waals surface area contributed by atoms with E-state index in [9.17, 15) is 13.2 Å². The van der Waals surface area contributed by atoms with Crippen molar-refractivity contribution in [3.8, 4) is 0 Å². The van der Waals surface area contributed by atoms with E-state index in [1.165, 1.54) is 6.21 Å². The number of aliphatic hydroxyl groups excluding tert-OH is 1. The van der Waals surface area contributed by atoms with Gasteiger partial charge in [0.2, 0.25) is 0 Å². The minimum Gasteiger partial charge on any atom is -0.454 e.